The number of ether oxygens (including phenoxy) is 2. The molecule has 0 saturated carbocycles. The van der Waals surface area contributed by atoms with Crippen LogP contribution in [-0.2, 0) is 10.0 Å². The number of carbonyl (C=O) groups is 1. The van der Waals surface area contributed by atoms with Crippen LogP contribution in [0.2, 0.25) is 0 Å². The Morgan fingerprint density at radius 2 is 1.73 bits per heavy atom. The maximum Gasteiger partial charge on any atom is 0.255 e. The molecule has 2 aromatic rings. The summed E-state index contributed by atoms with van der Waals surface area (Å²) < 4.78 is 32.7. The molecule has 1 aliphatic rings. The predicted molar refractivity (Wildman–Crippen MR) is 78.3 cm³/mol. The van der Waals surface area contributed by atoms with E-state index in [2.05, 4.69) is 5.32 Å². The van der Waals surface area contributed by atoms with E-state index in [9.17, 15) is 13.2 Å². The minimum atomic E-state index is -3.77. The van der Waals surface area contributed by atoms with Gasteiger partial charge in [-0.1, -0.05) is 0 Å². The van der Waals surface area contributed by atoms with E-state index in [0.29, 0.717) is 22.7 Å². The summed E-state index contributed by atoms with van der Waals surface area (Å²) in [5.41, 5.74) is 0.856. The van der Waals surface area contributed by atoms with E-state index in [0.717, 1.165) is 0 Å². The van der Waals surface area contributed by atoms with E-state index < -0.39 is 10.0 Å². The van der Waals surface area contributed by atoms with Gasteiger partial charge in [-0.2, -0.15) is 0 Å². The molecule has 0 radical (unpaired) electrons. The smallest absolute Gasteiger partial charge is 0.255 e. The van der Waals surface area contributed by atoms with Crippen LogP contribution in [0.1, 0.15) is 10.4 Å². The lowest BCUT2D eigenvalue weighted by molar-refractivity contribution is 0.102. The maximum atomic E-state index is 12.1. The molecule has 0 aliphatic carbocycles. The fourth-order valence-corrected chi connectivity index (χ4v) is 2.49. The minimum absolute atomic E-state index is 0.0490. The van der Waals surface area contributed by atoms with E-state index in [1.54, 1.807) is 18.2 Å². The first kappa shape index (κ1) is 14.4. The molecule has 1 heterocycles. The Hall–Kier alpha value is -2.58. The number of hydrogen-bond donors (Lipinski definition) is 2. The summed E-state index contributed by atoms with van der Waals surface area (Å²) in [5.74, 6) is 0.803. The summed E-state index contributed by atoms with van der Waals surface area (Å²) in [6.07, 6.45) is 0. The highest BCUT2D eigenvalue weighted by atomic mass is 32.2. The zero-order valence-corrected chi connectivity index (χ0v) is 12.1. The fraction of sp³-hybridized carbons (Fsp3) is 0.0714. The fourth-order valence-electron chi connectivity index (χ4n) is 1.97. The van der Waals surface area contributed by atoms with Crippen LogP contribution in [0.3, 0.4) is 0 Å². The van der Waals surface area contributed by atoms with Gasteiger partial charge in [0.25, 0.3) is 5.91 Å². The number of hydrogen-bond acceptors (Lipinski definition) is 5. The molecule has 114 valence electrons. The van der Waals surface area contributed by atoms with Crippen molar-refractivity contribution in [2.45, 2.75) is 4.90 Å². The minimum Gasteiger partial charge on any atom is -0.454 e. The predicted octanol–water partition coefficient (Wildman–Crippen LogP) is 1.31. The summed E-state index contributed by atoms with van der Waals surface area (Å²) in [6, 6.07) is 10.4. The number of amides is 1. The van der Waals surface area contributed by atoms with E-state index in [1.165, 1.54) is 24.3 Å². The van der Waals surface area contributed by atoms with Crippen molar-refractivity contribution in [1.82, 2.24) is 0 Å². The number of carbonyl (C=O) groups excluding carboxylic acids is 1. The largest absolute Gasteiger partial charge is 0.454 e. The average Bonchev–Trinajstić information content (AvgIpc) is 2.94. The van der Waals surface area contributed by atoms with Crippen molar-refractivity contribution in [2.75, 3.05) is 12.1 Å². The molecule has 0 unspecified atom stereocenters. The summed E-state index contributed by atoms with van der Waals surface area (Å²) in [7, 11) is -3.77. The van der Waals surface area contributed by atoms with Crippen molar-refractivity contribution >= 4 is 21.6 Å². The molecule has 0 fully saturated rings. The molecule has 0 bridgehead atoms. The molecule has 3 rings (SSSR count). The lowest BCUT2D eigenvalue weighted by Gasteiger charge is -2.06. The monoisotopic (exact) mass is 320 g/mol. The SMILES string of the molecule is NS(=O)(=O)c1ccc(C(=O)Nc2ccc3c(c2)OCO3)cc1. The van der Waals surface area contributed by atoms with E-state index in [1.807, 2.05) is 0 Å². The van der Waals surface area contributed by atoms with Gasteiger partial charge in [-0.3, -0.25) is 4.79 Å². The third-order valence-electron chi connectivity index (χ3n) is 3.08. The first-order valence-electron chi connectivity index (χ1n) is 6.27. The molecular weight excluding hydrogens is 308 g/mol. The van der Waals surface area contributed by atoms with Crippen LogP contribution in [0.25, 0.3) is 0 Å². The van der Waals surface area contributed by atoms with Crippen LogP contribution < -0.4 is 19.9 Å². The summed E-state index contributed by atoms with van der Waals surface area (Å²) in [6.45, 7) is 0.155. The van der Waals surface area contributed by atoms with Crippen molar-refractivity contribution in [3.05, 3.63) is 48.0 Å². The molecule has 0 atom stereocenters. The molecule has 0 aromatic heterocycles. The second kappa shape index (κ2) is 5.32. The number of rotatable bonds is 3. The van der Waals surface area contributed by atoms with Gasteiger partial charge < -0.3 is 14.8 Å². The van der Waals surface area contributed by atoms with Crippen LogP contribution in [0.5, 0.6) is 11.5 Å². The van der Waals surface area contributed by atoms with Crippen molar-refractivity contribution in [1.29, 1.82) is 0 Å². The van der Waals surface area contributed by atoms with Gasteiger partial charge in [-0.15, -0.1) is 0 Å². The molecule has 0 spiro atoms. The molecule has 1 aliphatic heterocycles. The number of benzene rings is 2. The standard InChI is InChI=1S/C14H12N2O5S/c15-22(18,19)11-4-1-9(2-5-11)14(17)16-10-3-6-12-13(7-10)21-8-20-12/h1-7H,8H2,(H,16,17)(H2,15,18,19). The number of sulfonamides is 1. The van der Waals surface area contributed by atoms with Crippen molar-refractivity contribution in [3.8, 4) is 11.5 Å². The average molecular weight is 320 g/mol. The lowest BCUT2D eigenvalue weighted by atomic mass is 10.2. The van der Waals surface area contributed by atoms with E-state index in [-0.39, 0.29) is 17.6 Å². The van der Waals surface area contributed by atoms with Gasteiger partial charge in [0.1, 0.15) is 0 Å². The van der Waals surface area contributed by atoms with Crippen LogP contribution in [0, 0.1) is 0 Å². The topological polar surface area (TPSA) is 108 Å². The molecule has 1 amide bonds. The third-order valence-corrected chi connectivity index (χ3v) is 4.00. The van der Waals surface area contributed by atoms with E-state index in [4.69, 9.17) is 14.6 Å². The number of anilines is 1. The van der Waals surface area contributed by atoms with Gasteiger partial charge in [0.05, 0.1) is 4.90 Å². The number of primary sulfonamides is 1. The number of fused-ring (bicyclic) bond motifs is 1. The lowest BCUT2D eigenvalue weighted by Crippen LogP contribution is -2.14. The first-order chi connectivity index (χ1) is 10.4. The summed E-state index contributed by atoms with van der Waals surface area (Å²) in [4.78, 5) is 12.1. The Labute approximate surface area is 126 Å². The van der Waals surface area contributed by atoms with Crippen molar-refractivity contribution in [3.63, 3.8) is 0 Å². The Kier molecular flexibility index (Phi) is 3.47. The highest BCUT2D eigenvalue weighted by Crippen LogP contribution is 2.34. The van der Waals surface area contributed by atoms with Gasteiger partial charge in [0, 0.05) is 17.3 Å². The van der Waals surface area contributed by atoms with Gasteiger partial charge in [0.2, 0.25) is 16.8 Å². The number of nitrogens with one attached hydrogen (secondary N) is 1. The Balaban J connectivity index is 1.77. The second-order valence-corrected chi connectivity index (χ2v) is 6.15. The second-order valence-electron chi connectivity index (χ2n) is 4.59. The molecular formula is C14H12N2O5S. The molecule has 0 saturated heterocycles. The highest BCUT2D eigenvalue weighted by molar-refractivity contribution is 7.89. The third kappa shape index (κ3) is 2.87. The zero-order chi connectivity index (χ0) is 15.7. The van der Waals surface area contributed by atoms with Crippen LogP contribution >= 0.6 is 0 Å². The molecule has 22 heavy (non-hydrogen) atoms. The summed E-state index contributed by atoms with van der Waals surface area (Å²) in [5, 5.41) is 7.70. The van der Waals surface area contributed by atoms with Crippen molar-refractivity contribution < 1.29 is 22.7 Å². The van der Waals surface area contributed by atoms with Gasteiger partial charge in [-0.05, 0) is 36.4 Å². The molecule has 3 N–H and O–H groups in total. The summed E-state index contributed by atoms with van der Waals surface area (Å²) >= 11 is 0. The van der Waals surface area contributed by atoms with Crippen LogP contribution in [-0.4, -0.2) is 21.1 Å². The zero-order valence-electron chi connectivity index (χ0n) is 11.3. The molecule has 2 aromatic carbocycles. The normalized spacial score (nSPS) is 13.0. The van der Waals surface area contributed by atoms with Gasteiger partial charge in [0.15, 0.2) is 11.5 Å². The Morgan fingerprint density at radius 1 is 1.05 bits per heavy atom. The quantitative estimate of drug-likeness (QED) is 0.886. The van der Waals surface area contributed by atoms with Gasteiger partial charge >= 0.3 is 0 Å². The van der Waals surface area contributed by atoms with Crippen molar-refractivity contribution in [2.24, 2.45) is 5.14 Å². The van der Waals surface area contributed by atoms with Crippen LogP contribution in [0.15, 0.2) is 47.4 Å². The number of nitrogens with two attached hydrogens (primary N) is 1. The Morgan fingerprint density at radius 3 is 2.41 bits per heavy atom. The molecule has 7 nitrogen and oxygen atoms in total. The Bertz CT molecular complexity index is 831. The maximum absolute atomic E-state index is 12.1. The first-order valence-corrected chi connectivity index (χ1v) is 7.82. The van der Waals surface area contributed by atoms with Crippen LogP contribution in [0.4, 0.5) is 5.69 Å². The van der Waals surface area contributed by atoms with E-state index >= 15 is 0 Å². The molecule has 8 heteroatoms. The highest BCUT2D eigenvalue weighted by Gasteiger charge is 2.15. The van der Waals surface area contributed by atoms with Gasteiger partial charge in [-0.25, -0.2) is 13.6 Å².